The summed E-state index contributed by atoms with van der Waals surface area (Å²) in [6.45, 7) is 1.60. The maximum atomic E-state index is 11.2. The third kappa shape index (κ3) is 5.07. The molecule has 1 unspecified atom stereocenters. The fraction of sp³-hybridized carbons (Fsp3) is 0.250. The van der Waals surface area contributed by atoms with Gasteiger partial charge in [0.15, 0.2) is 6.10 Å². The number of hydrazone groups is 1. The highest BCUT2D eigenvalue weighted by Crippen LogP contribution is 2.13. The first-order valence-corrected chi connectivity index (χ1v) is 5.46. The van der Waals surface area contributed by atoms with Gasteiger partial charge in [-0.1, -0.05) is 0 Å². The highest BCUT2D eigenvalue weighted by Gasteiger charge is 2.14. The summed E-state index contributed by atoms with van der Waals surface area (Å²) in [4.78, 5) is 21.6. The van der Waals surface area contributed by atoms with Gasteiger partial charge in [0.2, 0.25) is 0 Å². The molecule has 0 spiro atoms. The quantitative estimate of drug-likeness (QED) is 0.463. The van der Waals surface area contributed by atoms with Gasteiger partial charge in [-0.15, -0.1) is 0 Å². The predicted molar refractivity (Wildman–Crippen MR) is 68.9 cm³/mol. The zero-order valence-corrected chi connectivity index (χ0v) is 10.6. The first-order valence-electron chi connectivity index (χ1n) is 5.46. The van der Waals surface area contributed by atoms with Gasteiger partial charge in [0, 0.05) is 0 Å². The van der Waals surface area contributed by atoms with Crippen LogP contribution < -0.4 is 15.9 Å². The molecular formula is C12H15N3O4. The van der Waals surface area contributed by atoms with Crippen LogP contribution in [0.25, 0.3) is 0 Å². The van der Waals surface area contributed by atoms with E-state index in [0.29, 0.717) is 5.75 Å². The summed E-state index contributed by atoms with van der Waals surface area (Å²) in [5, 5.41) is 3.61. The SMILES string of the molecule is COC(=O)C(C)Oc1ccc(C=NNC(N)=O)cc1. The van der Waals surface area contributed by atoms with Crippen molar-refractivity contribution in [3.8, 4) is 5.75 Å². The smallest absolute Gasteiger partial charge is 0.346 e. The van der Waals surface area contributed by atoms with E-state index in [1.807, 2.05) is 0 Å². The van der Waals surface area contributed by atoms with Crippen LogP contribution in [0.1, 0.15) is 12.5 Å². The van der Waals surface area contributed by atoms with E-state index in [-0.39, 0.29) is 0 Å². The number of nitrogens with one attached hydrogen (secondary N) is 1. The minimum Gasteiger partial charge on any atom is -0.479 e. The lowest BCUT2D eigenvalue weighted by atomic mass is 10.2. The Kier molecular flexibility index (Phi) is 5.34. The second-order valence-corrected chi connectivity index (χ2v) is 3.59. The van der Waals surface area contributed by atoms with Crippen molar-refractivity contribution in [3.63, 3.8) is 0 Å². The Balaban J connectivity index is 2.59. The highest BCUT2D eigenvalue weighted by molar-refractivity contribution is 5.81. The minimum absolute atomic E-state index is 0.448. The molecule has 1 aromatic rings. The monoisotopic (exact) mass is 265 g/mol. The molecule has 19 heavy (non-hydrogen) atoms. The number of nitrogens with two attached hydrogens (primary N) is 1. The molecule has 1 rings (SSSR count). The number of urea groups is 1. The number of ether oxygens (including phenoxy) is 2. The molecule has 0 saturated heterocycles. The number of benzene rings is 1. The number of primary amides is 1. The van der Waals surface area contributed by atoms with Crippen LogP contribution in [0.4, 0.5) is 4.79 Å². The molecule has 7 nitrogen and oxygen atoms in total. The van der Waals surface area contributed by atoms with Crippen LogP contribution in [-0.4, -0.2) is 31.4 Å². The summed E-state index contributed by atoms with van der Waals surface area (Å²) in [5.41, 5.74) is 7.67. The molecule has 0 bridgehead atoms. The van der Waals surface area contributed by atoms with Gasteiger partial charge in [0.1, 0.15) is 5.75 Å². The van der Waals surface area contributed by atoms with Crippen LogP contribution in [0.3, 0.4) is 0 Å². The van der Waals surface area contributed by atoms with Crippen molar-refractivity contribution in [2.24, 2.45) is 10.8 Å². The number of rotatable bonds is 5. The third-order valence-electron chi connectivity index (χ3n) is 2.11. The van der Waals surface area contributed by atoms with Crippen molar-refractivity contribution in [2.45, 2.75) is 13.0 Å². The molecule has 0 aliphatic heterocycles. The molecular weight excluding hydrogens is 250 g/mol. The van der Waals surface area contributed by atoms with Gasteiger partial charge in [-0.05, 0) is 36.8 Å². The number of methoxy groups -OCH3 is 1. The maximum absolute atomic E-state index is 11.2. The molecule has 1 atom stereocenters. The van der Waals surface area contributed by atoms with Gasteiger partial charge in [0.05, 0.1) is 13.3 Å². The molecule has 1 aromatic carbocycles. The molecule has 0 fully saturated rings. The number of amides is 2. The standard InChI is InChI=1S/C12H15N3O4/c1-8(11(16)18-2)19-10-5-3-9(4-6-10)7-14-15-12(13)17/h3-8H,1-2H3,(H3,13,15,17). The summed E-state index contributed by atoms with van der Waals surface area (Å²) in [6, 6.07) is 6.04. The van der Waals surface area contributed by atoms with Crippen molar-refractivity contribution in [2.75, 3.05) is 7.11 Å². The molecule has 102 valence electrons. The van der Waals surface area contributed by atoms with E-state index in [1.54, 1.807) is 31.2 Å². The average molecular weight is 265 g/mol. The largest absolute Gasteiger partial charge is 0.479 e. The highest BCUT2D eigenvalue weighted by atomic mass is 16.6. The Morgan fingerprint density at radius 3 is 2.53 bits per heavy atom. The minimum atomic E-state index is -0.733. The molecule has 0 heterocycles. The molecule has 0 aliphatic carbocycles. The van der Waals surface area contributed by atoms with E-state index in [1.165, 1.54) is 13.3 Å². The fourth-order valence-corrected chi connectivity index (χ4v) is 1.22. The normalized spacial score (nSPS) is 11.9. The second kappa shape index (κ2) is 7.00. The summed E-state index contributed by atoms with van der Waals surface area (Å²) in [5.74, 6) is 0.0780. The average Bonchev–Trinajstić information content (AvgIpc) is 2.39. The number of carbonyl (C=O) groups is 2. The number of nitrogens with zero attached hydrogens (tertiary/aromatic N) is 1. The zero-order valence-electron chi connectivity index (χ0n) is 10.6. The predicted octanol–water partition coefficient (Wildman–Crippen LogP) is 0.629. The summed E-state index contributed by atoms with van der Waals surface area (Å²) in [6.07, 6.45) is 0.749. The van der Waals surface area contributed by atoms with E-state index in [4.69, 9.17) is 10.5 Å². The number of hydrogen-bond donors (Lipinski definition) is 2. The lowest BCUT2D eigenvalue weighted by molar-refractivity contribution is -0.147. The molecule has 7 heteroatoms. The zero-order chi connectivity index (χ0) is 14.3. The van der Waals surface area contributed by atoms with Crippen molar-refractivity contribution in [1.82, 2.24) is 5.43 Å². The van der Waals surface area contributed by atoms with Crippen LogP contribution in [-0.2, 0) is 9.53 Å². The first-order chi connectivity index (χ1) is 9.02. The molecule has 2 amide bonds. The Bertz CT molecular complexity index is 470. The van der Waals surface area contributed by atoms with Crippen LogP contribution in [0, 0.1) is 0 Å². The van der Waals surface area contributed by atoms with Crippen LogP contribution in [0.2, 0.25) is 0 Å². The van der Waals surface area contributed by atoms with Crippen molar-refractivity contribution < 1.29 is 19.1 Å². The summed E-state index contributed by atoms with van der Waals surface area (Å²) in [7, 11) is 1.30. The second-order valence-electron chi connectivity index (χ2n) is 3.59. The van der Waals surface area contributed by atoms with Crippen LogP contribution >= 0.6 is 0 Å². The van der Waals surface area contributed by atoms with Crippen molar-refractivity contribution in [3.05, 3.63) is 29.8 Å². The van der Waals surface area contributed by atoms with Gasteiger partial charge in [-0.2, -0.15) is 5.10 Å². The number of carbonyl (C=O) groups excluding carboxylic acids is 2. The van der Waals surface area contributed by atoms with Gasteiger partial charge < -0.3 is 15.2 Å². The topological polar surface area (TPSA) is 103 Å². The lowest BCUT2D eigenvalue weighted by Crippen LogP contribution is -2.24. The van der Waals surface area contributed by atoms with E-state index in [2.05, 4.69) is 15.3 Å². The van der Waals surface area contributed by atoms with E-state index in [0.717, 1.165) is 5.56 Å². The van der Waals surface area contributed by atoms with E-state index >= 15 is 0 Å². The lowest BCUT2D eigenvalue weighted by Gasteiger charge is -2.12. The Labute approximate surface area is 110 Å². The number of esters is 1. The maximum Gasteiger partial charge on any atom is 0.346 e. The third-order valence-corrected chi connectivity index (χ3v) is 2.11. The Morgan fingerprint density at radius 2 is 2.00 bits per heavy atom. The molecule has 0 radical (unpaired) electrons. The van der Waals surface area contributed by atoms with Crippen LogP contribution in [0.15, 0.2) is 29.4 Å². The van der Waals surface area contributed by atoms with Gasteiger partial charge >= 0.3 is 12.0 Å². The Morgan fingerprint density at radius 1 is 1.37 bits per heavy atom. The molecule has 0 aliphatic rings. The van der Waals surface area contributed by atoms with Crippen LogP contribution in [0.5, 0.6) is 5.75 Å². The number of hydrogen-bond acceptors (Lipinski definition) is 5. The van der Waals surface area contributed by atoms with E-state index < -0.39 is 18.1 Å². The van der Waals surface area contributed by atoms with Gasteiger partial charge in [-0.25, -0.2) is 15.0 Å². The van der Waals surface area contributed by atoms with Gasteiger partial charge in [0.25, 0.3) is 0 Å². The van der Waals surface area contributed by atoms with Crippen molar-refractivity contribution >= 4 is 18.2 Å². The van der Waals surface area contributed by atoms with E-state index in [9.17, 15) is 9.59 Å². The first kappa shape index (κ1) is 14.5. The summed E-state index contributed by atoms with van der Waals surface area (Å²) >= 11 is 0. The molecule has 0 saturated carbocycles. The Hall–Kier alpha value is -2.57. The fourth-order valence-electron chi connectivity index (χ4n) is 1.22. The van der Waals surface area contributed by atoms with Gasteiger partial charge in [-0.3, -0.25) is 0 Å². The van der Waals surface area contributed by atoms with Crippen molar-refractivity contribution in [1.29, 1.82) is 0 Å². The summed E-state index contributed by atoms with van der Waals surface area (Å²) < 4.78 is 9.90. The molecule has 0 aromatic heterocycles. The molecule has 3 N–H and O–H groups in total.